The van der Waals surface area contributed by atoms with E-state index in [9.17, 15) is 0 Å². The van der Waals surface area contributed by atoms with Crippen molar-refractivity contribution in [1.82, 2.24) is 5.32 Å². The van der Waals surface area contributed by atoms with Crippen LogP contribution in [-0.4, -0.2) is 25.9 Å². The van der Waals surface area contributed by atoms with Crippen LogP contribution in [0.15, 0.2) is 24.3 Å². The van der Waals surface area contributed by atoms with Crippen molar-refractivity contribution in [3.05, 3.63) is 29.8 Å². The molecule has 1 saturated heterocycles. The Morgan fingerprint density at radius 3 is 2.95 bits per heavy atom. The van der Waals surface area contributed by atoms with E-state index in [2.05, 4.69) is 37.4 Å². The standard InChI is InChI=1S/C17H27NO2/c1-14(2)9-11-20-17-8-4-3-6-15(17)12-18-13-16-7-5-10-19-16/h3-4,6,8,14,16,18H,5,7,9-13H2,1-2H3. The van der Waals surface area contributed by atoms with Crippen molar-refractivity contribution in [3.8, 4) is 5.75 Å². The van der Waals surface area contributed by atoms with Gasteiger partial charge in [0.2, 0.25) is 0 Å². The van der Waals surface area contributed by atoms with Crippen LogP contribution in [0.2, 0.25) is 0 Å². The third kappa shape index (κ3) is 5.14. The highest BCUT2D eigenvalue weighted by Gasteiger charge is 2.14. The molecule has 3 nitrogen and oxygen atoms in total. The maximum absolute atomic E-state index is 5.90. The molecule has 0 saturated carbocycles. The van der Waals surface area contributed by atoms with Crippen molar-refractivity contribution in [2.24, 2.45) is 5.92 Å². The molecule has 1 aliphatic rings. The fraction of sp³-hybridized carbons (Fsp3) is 0.647. The maximum Gasteiger partial charge on any atom is 0.123 e. The molecule has 1 aromatic carbocycles. The number of ether oxygens (including phenoxy) is 2. The maximum atomic E-state index is 5.90. The first-order valence-corrected chi connectivity index (χ1v) is 7.78. The van der Waals surface area contributed by atoms with Gasteiger partial charge in [0.25, 0.3) is 0 Å². The molecule has 0 radical (unpaired) electrons. The lowest BCUT2D eigenvalue weighted by molar-refractivity contribution is 0.110. The first kappa shape index (κ1) is 15.3. The summed E-state index contributed by atoms with van der Waals surface area (Å²) in [6, 6.07) is 8.29. The van der Waals surface area contributed by atoms with Crippen LogP contribution in [0.4, 0.5) is 0 Å². The Bertz CT molecular complexity index is 386. The Kier molecular flexibility index (Phi) is 6.34. The molecule has 1 aromatic rings. The topological polar surface area (TPSA) is 30.5 Å². The summed E-state index contributed by atoms with van der Waals surface area (Å²) in [7, 11) is 0. The van der Waals surface area contributed by atoms with E-state index in [1.165, 1.54) is 18.4 Å². The normalized spacial score (nSPS) is 18.6. The van der Waals surface area contributed by atoms with E-state index in [1.54, 1.807) is 0 Å². The van der Waals surface area contributed by atoms with Crippen molar-refractivity contribution in [2.75, 3.05) is 19.8 Å². The largest absolute Gasteiger partial charge is 0.493 e. The smallest absolute Gasteiger partial charge is 0.123 e. The molecule has 1 fully saturated rings. The summed E-state index contributed by atoms with van der Waals surface area (Å²) in [5.74, 6) is 1.69. The quantitative estimate of drug-likeness (QED) is 0.790. The van der Waals surface area contributed by atoms with Crippen molar-refractivity contribution in [2.45, 2.75) is 45.8 Å². The molecule has 20 heavy (non-hydrogen) atoms. The van der Waals surface area contributed by atoms with Gasteiger partial charge in [0, 0.05) is 25.3 Å². The number of benzene rings is 1. The zero-order valence-electron chi connectivity index (χ0n) is 12.7. The molecular weight excluding hydrogens is 250 g/mol. The molecule has 1 aliphatic heterocycles. The second-order valence-electron chi connectivity index (χ2n) is 5.90. The minimum absolute atomic E-state index is 0.393. The van der Waals surface area contributed by atoms with E-state index in [-0.39, 0.29) is 0 Å². The molecule has 1 atom stereocenters. The summed E-state index contributed by atoms with van der Waals surface area (Å²) < 4.78 is 11.5. The van der Waals surface area contributed by atoms with E-state index >= 15 is 0 Å². The monoisotopic (exact) mass is 277 g/mol. The highest BCUT2D eigenvalue weighted by molar-refractivity contribution is 5.33. The first-order chi connectivity index (χ1) is 9.75. The average Bonchev–Trinajstić information content (AvgIpc) is 2.93. The minimum atomic E-state index is 0.393. The lowest BCUT2D eigenvalue weighted by Gasteiger charge is -2.14. The third-order valence-corrected chi connectivity index (χ3v) is 3.64. The van der Waals surface area contributed by atoms with E-state index in [0.717, 1.165) is 38.5 Å². The van der Waals surface area contributed by atoms with Crippen molar-refractivity contribution < 1.29 is 9.47 Å². The molecule has 0 aromatic heterocycles. The van der Waals surface area contributed by atoms with Gasteiger partial charge >= 0.3 is 0 Å². The van der Waals surface area contributed by atoms with Gasteiger partial charge < -0.3 is 14.8 Å². The van der Waals surface area contributed by atoms with E-state index in [1.807, 2.05) is 6.07 Å². The van der Waals surface area contributed by atoms with Gasteiger partial charge in [0.05, 0.1) is 12.7 Å². The Labute approximate surface area is 122 Å². The molecule has 0 spiro atoms. The molecule has 112 valence electrons. The summed E-state index contributed by atoms with van der Waals surface area (Å²) in [5, 5.41) is 3.48. The van der Waals surface area contributed by atoms with Gasteiger partial charge in [0.1, 0.15) is 5.75 Å². The van der Waals surface area contributed by atoms with Gasteiger partial charge in [-0.15, -0.1) is 0 Å². The predicted octanol–water partition coefficient (Wildman–Crippen LogP) is 3.38. The molecule has 0 bridgehead atoms. The van der Waals surface area contributed by atoms with Crippen molar-refractivity contribution in [3.63, 3.8) is 0 Å². The number of hydrogen-bond acceptors (Lipinski definition) is 3. The molecule has 1 unspecified atom stereocenters. The van der Waals surface area contributed by atoms with Gasteiger partial charge in [-0.3, -0.25) is 0 Å². The van der Waals surface area contributed by atoms with Crippen LogP contribution < -0.4 is 10.1 Å². The van der Waals surface area contributed by atoms with Gasteiger partial charge in [0.15, 0.2) is 0 Å². The molecule has 0 amide bonds. The number of hydrogen-bond donors (Lipinski definition) is 1. The first-order valence-electron chi connectivity index (χ1n) is 7.78. The third-order valence-electron chi connectivity index (χ3n) is 3.64. The van der Waals surface area contributed by atoms with Gasteiger partial charge in [-0.2, -0.15) is 0 Å². The van der Waals surface area contributed by atoms with Crippen LogP contribution in [0.25, 0.3) is 0 Å². The summed E-state index contributed by atoms with van der Waals surface area (Å²) in [6.07, 6.45) is 3.86. The van der Waals surface area contributed by atoms with E-state index < -0.39 is 0 Å². The highest BCUT2D eigenvalue weighted by Crippen LogP contribution is 2.19. The predicted molar refractivity (Wildman–Crippen MR) is 82.1 cm³/mol. The van der Waals surface area contributed by atoms with Crippen molar-refractivity contribution in [1.29, 1.82) is 0 Å². The number of para-hydroxylation sites is 1. The fourth-order valence-electron chi connectivity index (χ4n) is 2.37. The molecule has 0 aliphatic carbocycles. The molecule has 1 heterocycles. The van der Waals surface area contributed by atoms with Crippen LogP contribution in [0.5, 0.6) is 5.75 Å². The van der Waals surface area contributed by atoms with E-state index in [4.69, 9.17) is 9.47 Å². The van der Waals surface area contributed by atoms with Gasteiger partial charge in [-0.1, -0.05) is 32.0 Å². The molecule has 3 heteroatoms. The van der Waals surface area contributed by atoms with Gasteiger partial charge in [-0.25, -0.2) is 0 Å². The van der Waals surface area contributed by atoms with Crippen LogP contribution >= 0.6 is 0 Å². The minimum Gasteiger partial charge on any atom is -0.493 e. The summed E-state index contributed by atoms with van der Waals surface area (Å²) >= 11 is 0. The highest BCUT2D eigenvalue weighted by atomic mass is 16.5. The average molecular weight is 277 g/mol. The van der Waals surface area contributed by atoms with Crippen molar-refractivity contribution >= 4 is 0 Å². The summed E-state index contributed by atoms with van der Waals surface area (Å²) in [4.78, 5) is 0. The Morgan fingerprint density at radius 1 is 1.35 bits per heavy atom. The Morgan fingerprint density at radius 2 is 2.20 bits per heavy atom. The summed E-state index contributed by atoms with van der Waals surface area (Å²) in [5.41, 5.74) is 1.23. The lowest BCUT2D eigenvalue weighted by Crippen LogP contribution is -2.26. The second-order valence-corrected chi connectivity index (χ2v) is 5.90. The summed E-state index contributed by atoms with van der Waals surface area (Å²) in [6.45, 7) is 7.93. The van der Waals surface area contributed by atoms with Crippen LogP contribution in [0.3, 0.4) is 0 Å². The van der Waals surface area contributed by atoms with E-state index in [0.29, 0.717) is 12.0 Å². The second kappa shape index (κ2) is 8.28. The van der Waals surface area contributed by atoms with Crippen LogP contribution in [-0.2, 0) is 11.3 Å². The molecular formula is C17H27NO2. The van der Waals surface area contributed by atoms with Gasteiger partial charge in [-0.05, 0) is 31.2 Å². The molecule has 2 rings (SSSR count). The molecule has 1 N–H and O–H groups in total. The fourth-order valence-corrected chi connectivity index (χ4v) is 2.37. The van der Waals surface area contributed by atoms with Crippen LogP contribution in [0, 0.1) is 5.92 Å². The number of rotatable bonds is 8. The zero-order valence-corrected chi connectivity index (χ0v) is 12.7. The van der Waals surface area contributed by atoms with Crippen LogP contribution in [0.1, 0.15) is 38.7 Å². The zero-order chi connectivity index (χ0) is 14.2. The SMILES string of the molecule is CC(C)CCOc1ccccc1CNCC1CCCO1. The lowest BCUT2D eigenvalue weighted by atomic mass is 10.1. The Balaban J connectivity index is 1.77. The Hall–Kier alpha value is -1.06. The number of nitrogens with one attached hydrogen (secondary N) is 1.